The molecular weight excluding hydrogens is 417 g/mol. The second-order valence-electron chi connectivity index (χ2n) is 7.79. The molecule has 1 saturated heterocycles. The number of aromatic nitrogens is 3. The normalized spacial score (nSPS) is 20.4. The highest BCUT2D eigenvalue weighted by molar-refractivity contribution is 7.88. The molecule has 1 saturated carbocycles. The van der Waals surface area contributed by atoms with Crippen LogP contribution in [0.4, 0.5) is 10.3 Å². The molecule has 11 heteroatoms. The average Bonchev–Trinajstić information content (AvgIpc) is 3.03. The number of piperidine rings is 1. The molecule has 3 heterocycles. The summed E-state index contributed by atoms with van der Waals surface area (Å²) in [5.41, 5.74) is -0.0955. The van der Waals surface area contributed by atoms with E-state index in [0.29, 0.717) is 60.3 Å². The number of hydrogen-bond donors (Lipinski definition) is 2. The Morgan fingerprint density at radius 2 is 2.00 bits per heavy atom. The molecule has 158 valence electrons. The third kappa shape index (κ3) is 4.14. The summed E-state index contributed by atoms with van der Waals surface area (Å²) in [6, 6.07) is 0.0140. The largest absolute Gasteiger partial charge is 0.383 e. The molecule has 0 unspecified atom stereocenters. The third-order valence-corrected chi connectivity index (χ3v) is 8.25. The van der Waals surface area contributed by atoms with E-state index in [4.69, 9.17) is 0 Å². The Morgan fingerprint density at radius 3 is 2.59 bits per heavy atom. The molecule has 2 N–H and O–H groups in total. The molecule has 2 aromatic heterocycles. The van der Waals surface area contributed by atoms with Crippen molar-refractivity contribution in [2.75, 3.05) is 24.7 Å². The summed E-state index contributed by atoms with van der Waals surface area (Å²) in [6.07, 6.45) is 5.89. The van der Waals surface area contributed by atoms with Crippen molar-refractivity contribution in [1.29, 1.82) is 0 Å². The zero-order chi connectivity index (χ0) is 20.8. The Morgan fingerprint density at radius 1 is 1.31 bits per heavy atom. The summed E-state index contributed by atoms with van der Waals surface area (Å²) < 4.78 is 39.2. The summed E-state index contributed by atoms with van der Waals surface area (Å²) in [4.78, 5) is 13.5. The van der Waals surface area contributed by atoms with E-state index in [9.17, 15) is 17.9 Å². The average molecular weight is 442 g/mol. The number of hydrogen-bond acceptors (Lipinski definition) is 8. The molecule has 1 aliphatic heterocycles. The number of aliphatic hydroxyl groups is 1. The molecule has 8 nitrogen and oxygen atoms in total. The fourth-order valence-electron chi connectivity index (χ4n) is 3.65. The van der Waals surface area contributed by atoms with E-state index in [1.54, 1.807) is 6.92 Å². The topological polar surface area (TPSA) is 108 Å². The number of aryl methyl sites for hydroxylation is 1. The highest BCUT2D eigenvalue weighted by Gasteiger charge is 2.40. The van der Waals surface area contributed by atoms with Crippen molar-refractivity contribution in [3.63, 3.8) is 0 Å². The number of rotatable bonds is 5. The van der Waals surface area contributed by atoms with Gasteiger partial charge >= 0.3 is 0 Å². The van der Waals surface area contributed by atoms with Crippen LogP contribution >= 0.6 is 11.3 Å². The van der Waals surface area contributed by atoms with Crippen molar-refractivity contribution >= 4 is 27.3 Å². The van der Waals surface area contributed by atoms with Gasteiger partial charge in [-0.05, 0) is 39.0 Å². The fraction of sp³-hybridized carbons (Fsp3) is 0.611. The van der Waals surface area contributed by atoms with E-state index in [-0.39, 0.29) is 11.7 Å². The summed E-state index contributed by atoms with van der Waals surface area (Å²) >= 11 is 1.27. The van der Waals surface area contributed by atoms with Gasteiger partial charge in [-0.2, -0.15) is 0 Å². The number of nitrogens with zero attached hydrogens (tertiary/aromatic N) is 4. The van der Waals surface area contributed by atoms with Crippen molar-refractivity contribution in [3.05, 3.63) is 22.7 Å². The van der Waals surface area contributed by atoms with Gasteiger partial charge in [0.05, 0.1) is 23.0 Å². The molecule has 0 atom stereocenters. The monoisotopic (exact) mass is 441 g/mol. The van der Waals surface area contributed by atoms with Crippen LogP contribution in [0.25, 0.3) is 10.6 Å². The molecule has 2 fully saturated rings. The van der Waals surface area contributed by atoms with E-state index in [1.165, 1.54) is 21.9 Å². The zero-order valence-corrected chi connectivity index (χ0v) is 18.0. The summed E-state index contributed by atoms with van der Waals surface area (Å²) in [7, 11) is -3.18. The van der Waals surface area contributed by atoms with E-state index in [0.717, 1.165) is 12.6 Å². The Bertz CT molecular complexity index is 1010. The van der Waals surface area contributed by atoms with Gasteiger partial charge in [-0.3, -0.25) is 0 Å². The molecule has 1 aliphatic carbocycles. The van der Waals surface area contributed by atoms with Gasteiger partial charge < -0.3 is 10.4 Å². The molecule has 29 heavy (non-hydrogen) atoms. The summed E-state index contributed by atoms with van der Waals surface area (Å²) in [5.74, 6) is -0.239. The Balaban J connectivity index is 1.52. The standard InChI is InChI=1S/C18H24FN5O3S2/c1-11-15(28-16(21-11)18(25)6-3-7-18)14-13(19)10-20-17(23-14)22-12-4-8-24(9-5-12)29(2,26)27/h10,12,25H,3-9H2,1-2H3,(H,20,22,23). The number of sulfonamides is 1. The zero-order valence-electron chi connectivity index (χ0n) is 16.4. The lowest BCUT2D eigenvalue weighted by Gasteiger charge is -2.34. The minimum atomic E-state index is -3.18. The van der Waals surface area contributed by atoms with Gasteiger partial charge in [0.1, 0.15) is 16.3 Å². The Kier molecular flexibility index (Phi) is 5.34. The van der Waals surface area contributed by atoms with E-state index >= 15 is 0 Å². The lowest BCUT2D eigenvalue weighted by Crippen LogP contribution is -2.42. The number of thiazole rings is 1. The maximum atomic E-state index is 14.5. The first-order valence-corrected chi connectivity index (χ1v) is 12.3. The molecule has 0 spiro atoms. The third-order valence-electron chi connectivity index (χ3n) is 5.59. The number of anilines is 1. The number of halogens is 1. The first kappa shape index (κ1) is 20.6. The predicted octanol–water partition coefficient (Wildman–Crippen LogP) is 2.26. The van der Waals surface area contributed by atoms with Crippen LogP contribution in [0.3, 0.4) is 0 Å². The Labute approximate surface area is 173 Å². The second-order valence-corrected chi connectivity index (χ2v) is 10.8. The van der Waals surface area contributed by atoms with Gasteiger partial charge in [-0.25, -0.2) is 32.1 Å². The van der Waals surface area contributed by atoms with Gasteiger partial charge in [0.25, 0.3) is 0 Å². The van der Waals surface area contributed by atoms with Crippen LogP contribution < -0.4 is 5.32 Å². The van der Waals surface area contributed by atoms with E-state index in [2.05, 4.69) is 20.3 Å². The van der Waals surface area contributed by atoms with Crippen LogP contribution in [0.15, 0.2) is 6.20 Å². The molecular formula is C18H24FN5O3S2. The summed E-state index contributed by atoms with van der Waals surface area (Å²) in [6.45, 7) is 2.65. The quantitative estimate of drug-likeness (QED) is 0.733. The SMILES string of the molecule is Cc1nc(C2(O)CCC2)sc1-c1nc(NC2CCN(S(C)(=O)=O)CC2)ncc1F. The molecule has 0 bridgehead atoms. The van der Waals surface area contributed by atoms with Crippen molar-refractivity contribution in [1.82, 2.24) is 19.3 Å². The minimum Gasteiger partial charge on any atom is -0.383 e. The summed E-state index contributed by atoms with van der Waals surface area (Å²) in [5, 5.41) is 14.3. The van der Waals surface area contributed by atoms with Crippen LogP contribution in [0.1, 0.15) is 42.8 Å². The van der Waals surface area contributed by atoms with Crippen LogP contribution in [-0.2, 0) is 15.6 Å². The van der Waals surface area contributed by atoms with Crippen LogP contribution in [0.5, 0.6) is 0 Å². The predicted molar refractivity (Wildman–Crippen MR) is 109 cm³/mol. The molecule has 2 aliphatic rings. The highest BCUT2D eigenvalue weighted by Crippen LogP contribution is 2.45. The second kappa shape index (κ2) is 7.53. The van der Waals surface area contributed by atoms with Crippen LogP contribution in [0, 0.1) is 12.7 Å². The van der Waals surface area contributed by atoms with Crippen LogP contribution in [0.2, 0.25) is 0 Å². The van der Waals surface area contributed by atoms with Gasteiger partial charge in [0, 0.05) is 19.1 Å². The fourth-order valence-corrected chi connectivity index (χ4v) is 5.73. The Hall–Kier alpha value is -1.69. The lowest BCUT2D eigenvalue weighted by molar-refractivity contribution is -0.0390. The first-order chi connectivity index (χ1) is 13.7. The molecule has 2 aromatic rings. The minimum absolute atomic E-state index is 0.0140. The number of nitrogens with one attached hydrogen (secondary N) is 1. The van der Waals surface area contributed by atoms with Crippen molar-refractivity contribution in [3.8, 4) is 10.6 Å². The van der Waals surface area contributed by atoms with Crippen LogP contribution in [-0.4, -0.2) is 58.2 Å². The van der Waals surface area contributed by atoms with Crippen molar-refractivity contribution in [2.24, 2.45) is 0 Å². The smallest absolute Gasteiger partial charge is 0.223 e. The lowest BCUT2D eigenvalue weighted by atomic mass is 9.81. The highest BCUT2D eigenvalue weighted by atomic mass is 32.2. The van der Waals surface area contributed by atoms with Gasteiger partial charge in [0.2, 0.25) is 16.0 Å². The van der Waals surface area contributed by atoms with Gasteiger partial charge in [-0.15, -0.1) is 11.3 Å². The van der Waals surface area contributed by atoms with E-state index < -0.39 is 21.4 Å². The molecule has 0 aromatic carbocycles. The van der Waals surface area contributed by atoms with Gasteiger partial charge in [-0.1, -0.05) is 0 Å². The maximum absolute atomic E-state index is 14.5. The molecule has 0 radical (unpaired) electrons. The van der Waals surface area contributed by atoms with Crippen molar-refractivity contribution in [2.45, 2.75) is 50.7 Å². The molecule has 0 amide bonds. The van der Waals surface area contributed by atoms with E-state index in [1.807, 2.05) is 0 Å². The van der Waals surface area contributed by atoms with Gasteiger partial charge in [0.15, 0.2) is 5.82 Å². The van der Waals surface area contributed by atoms with Crippen molar-refractivity contribution < 1.29 is 17.9 Å². The molecule has 4 rings (SSSR count). The maximum Gasteiger partial charge on any atom is 0.223 e. The first-order valence-electron chi connectivity index (χ1n) is 9.60.